The zero-order valence-electron chi connectivity index (χ0n) is 11.3. The fourth-order valence-corrected chi connectivity index (χ4v) is 3.78. The van der Waals surface area contributed by atoms with Crippen molar-refractivity contribution in [2.45, 2.75) is 26.8 Å². The van der Waals surface area contributed by atoms with Crippen molar-refractivity contribution in [1.82, 2.24) is 5.32 Å². The van der Waals surface area contributed by atoms with Crippen molar-refractivity contribution < 1.29 is 0 Å². The van der Waals surface area contributed by atoms with Gasteiger partial charge in [-0.3, -0.25) is 0 Å². The van der Waals surface area contributed by atoms with Crippen molar-refractivity contribution in [2.75, 3.05) is 6.54 Å². The Bertz CT molecular complexity index is 580. The Morgan fingerprint density at radius 1 is 1.32 bits per heavy atom. The van der Waals surface area contributed by atoms with E-state index < -0.39 is 0 Å². The molecule has 19 heavy (non-hydrogen) atoms. The monoisotopic (exact) mass is 357 g/mol. The Balaban J connectivity index is 2.44. The normalized spacial score (nSPS) is 12.7. The van der Waals surface area contributed by atoms with Gasteiger partial charge < -0.3 is 5.32 Å². The van der Waals surface area contributed by atoms with Gasteiger partial charge in [0.25, 0.3) is 0 Å². The SMILES string of the molecule is CCNC(c1ccc(Br)c(Cl)c1)c1sc(C)cc1C. The van der Waals surface area contributed by atoms with Gasteiger partial charge in [0.1, 0.15) is 0 Å². The molecular weight excluding hydrogens is 342 g/mol. The third-order valence-corrected chi connectivity index (χ3v) is 5.48. The highest BCUT2D eigenvalue weighted by Gasteiger charge is 2.18. The summed E-state index contributed by atoms with van der Waals surface area (Å²) in [4.78, 5) is 2.72. The summed E-state index contributed by atoms with van der Waals surface area (Å²) >= 11 is 11.5. The molecule has 1 heterocycles. The first-order chi connectivity index (χ1) is 9.02. The first-order valence-electron chi connectivity index (χ1n) is 6.28. The molecule has 0 fully saturated rings. The van der Waals surface area contributed by atoms with Gasteiger partial charge in [0, 0.05) is 14.2 Å². The van der Waals surface area contributed by atoms with Gasteiger partial charge in [-0.15, -0.1) is 11.3 Å². The molecular formula is C15H17BrClNS. The number of nitrogens with one attached hydrogen (secondary N) is 1. The predicted octanol–water partition coefficient (Wildman–Crippen LogP) is 5.48. The van der Waals surface area contributed by atoms with E-state index in [1.165, 1.54) is 20.9 Å². The molecule has 4 heteroatoms. The van der Waals surface area contributed by atoms with Gasteiger partial charge in [0.15, 0.2) is 0 Å². The van der Waals surface area contributed by atoms with E-state index in [-0.39, 0.29) is 6.04 Å². The lowest BCUT2D eigenvalue weighted by Crippen LogP contribution is -2.21. The van der Waals surface area contributed by atoms with Crippen LogP contribution in [0.4, 0.5) is 0 Å². The van der Waals surface area contributed by atoms with Gasteiger partial charge >= 0.3 is 0 Å². The summed E-state index contributed by atoms with van der Waals surface area (Å²) in [6.45, 7) is 7.38. The third-order valence-electron chi connectivity index (χ3n) is 3.03. The van der Waals surface area contributed by atoms with Crippen LogP contribution in [0.1, 0.15) is 33.8 Å². The van der Waals surface area contributed by atoms with E-state index in [1.54, 1.807) is 0 Å². The average molecular weight is 359 g/mol. The molecule has 2 aromatic rings. The largest absolute Gasteiger partial charge is 0.306 e. The summed E-state index contributed by atoms with van der Waals surface area (Å²) in [5.41, 5.74) is 2.55. The fourth-order valence-electron chi connectivity index (χ4n) is 2.20. The van der Waals surface area contributed by atoms with E-state index in [4.69, 9.17) is 11.6 Å². The number of thiophene rings is 1. The molecule has 1 nitrogen and oxygen atoms in total. The van der Waals surface area contributed by atoms with Crippen LogP contribution in [0.3, 0.4) is 0 Å². The van der Waals surface area contributed by atoms with Crippen LogP contribution in [0, 0.1) is 13.8 Å². The van der Waals surface area contributed by atoms with E-state index in [9.17, 15) is 0 Å². The minimum absolute atomic E-state index is 0.217. The summed E-state index contributed by atoms with van der Waals surface area (Å²) in [5, 5.41) is 4.31. The van der Waals surface area contributed by atoms with Crippen LogP contribution < -0.4 is 5.32 Å². The lowest BCUT2D eigenvalue weighted by molar-refractivity contribution is 0.637. The molecule has 1 atom stereocenters. The van der Waals surface area contributed by atoms with Gasteiger partial charge in [-0.1, -0.05) is 24.6 Å². The highest BCUT2D eigenvalue weighted by atomic mass is 79.9. The molecule has 1 unspecified atom stereocenters. The van der Waals surface area contributed by atoms with Crippen LogP contribution in [-0.2, 0) is 0 Å². The van der Waals surface area contributed by atoms with Crippen molar-refractivity contribution in [1.29, 1.82) is 0 Å². The second kappa shape index (κ2) is 6.40. The van der Waals surface area contributed by atoms with Crippen molar-refractivity contribution in [2.24, 2.45) is 0 Å². The quantitative estimate of drug-likeness (QED) is 0.763. The summed E-state index contributed by atoms with van der Waals surface area (Å²) < 4.78 is 0.937. The summed E-state index contributed by atoms with van der Waals surface area (Å²) in [6.07, 6.45) is 0. The van der Waals surface area contributed by atoms with Crippen molar-refractivity contribution in [3.05, 3.63) is 54.6 Å². The van der Waals surface area contributed by atoms with Crippen LogP contribution in [0.5, 0.6) is 0 Å². The molecule has 0 radical (unpaired) electrons. The number of halogens is 2. The van der Waals surface area contributed by atoms with E-state index >= 15 is 0 Å². The molecule has 1 aromatic carbocycles. The molecule has 0 aliphatic heterocycles. The molecule has 1 aromatic heterocycles. The van der Waals surface area contributed by atoms with Gasteiger partial charge in [0.2, 0.25) is 0 Å². The molecule has 0 saturated carbocycles. The van der Waals surface area contributed by atoms with Crippen LogP contribution in [0.25, 0.3) is 0 Å². The fraction of sp³-hybridized carbons (Fsp3) is 0.333. The van der Waals surface area contributed by atoms with Crippen LogP contribution >= 0.6 is 38.9 Å². The Hall–Kier alpha value is -0.350. The van der Waals surface area contributed by atoms with Crippen molar-refractivity contribution in [3.63, 3.8) is 0 Å². The standard InChI is InChI=1S/C15H17BrClNS/c1-4-18-14(15-9(2)7-10(3)19-15)11-5-6-12(16)13(17)8-11/h5-8,14,18H,4H2,1-3H3. The molecule has 2 rings (SSSR count). The molecule has 1 N–H and O–H groups in total. The van der Waals surface area contributed by atoms with Crippen molar-refractivity contribution >= 4 is 38.9 Å². The topological polar surface area (TPSA) is 12.0 Å². The number of benzene rings is 1. The van der Waals surface area contributed by atoms with Gasteiger partial charge in [0.05, 0.1) is 11.1 Å². The zero-order chi connectivity index (χ0) is 14.0. The van der Waals surface area contributed by atoms with Crippen LogP contribution in [0.15, 0.2) is 28.7 Å². The number of aryl methyl sites for hydroxylation is 2. The highest BCUT2D eigenvalue weighted by molar-refractivity contribution is 9.10. The Morgan fingerprint density at radius 3 is 2.58 bits per heavy atom. The number of rotatable bonds is 4. The lowest BCUT2D eigenvalue weighted by atomic mass is 10.0. The second-order valence-electron chi connectivity index (χ2n) is 4.57. The van der Waals surface area contributed by atoms with Gasteiger partial charge in [-0.05, 0) is 65.6 Å². The van der Waals surface area contributed by atoms with Crippen LogP contribution in [-0.4, -0.2) is 6.54 Å². The first kappa shape index (κ1) is 15.0. The number of hydrogen-bond acceptors (Lipinski definition) is 2. The van der Waals surface area contributed by atoms with E-state index in [0.717, 1.165) is 16.0 Å². The molecule has 0 aliphatic carbocycles. The highest BCUT2D eigenvalue weighted by Crippen LogP contribution is 2.34. The maximum Gasteiger partial charge on any atom is 0.0674 e. The van der Waals surface area contributed by atoms with Gasteiger partial charge in [-0.2, -0.15) is 0 Å². The molecule has 0 amide bonds. The predicted molar refractivity (Wildman–Crippen MR) is 88.5 cm³/mol. The lowest BCUT2D eigenvalue weighted by Gasteiger charge is -2.19. The smallest absolute Gasteiger partial charge is 0.0674 e. The van der Waals surface area contributed by atoms with Crippen molar-refractivity contribution in [3.8, 4) is 0 Å². The molecule has 0 saturated heterocycles. The van der Waals surface area contributed by atoms with Crippen LogP contribution in [0.2, 0.25) is 5.02 Å². The van der Waals surface area contributed by atoms with E-state index in [0.29, 0.717) is 0 Å². The van der Waals surface area contributed by atoms with Gasteiger partial charge in [-0.25, -0.2) is 0 Å². The maximum absolute atomic E-state index is 6.22. The number of hydrogen-bond donors (Lipinski definition) is 1. The molecule has 0 spiro atoms. The second-order valence-corrected chi connectivity index (χ2v) is 7.12. The summed E-state index contributed by atoms with van der Waals surface area (Å²) in [7, 11) is 0. The minimum atomic E-state index is 0.217. The molecule has 102 valence electrons. The zero-order valence-corrected chi connectivity index (χ0v) is 14.4. The Morgan fingerprint density at radius 2 is 2.05 bits per heavy atom. The maximum atomic E-state index is 6.22. The van der Waals surface area contributed by atoms with E-state index in [1.807, 2.05) is 23.5 Å². The Kier molecular flexibility index (Phi) is 5.07. The minimum Gasteiger partial charge on any atom is -0.306 e. The molecule has 0 aliphatic rings. The first-order valence-corrected chi connectivity index (χ1v) is 8.27. The third kappa shape index (κ3) is 3.40. The molecule has 0 bridgehead atoms. The van der Waals surface area contributed by atoms with E-state index in [2.05, 4.69) is 54.2 Å². The summed E-state index contributed by atoms with van der Waals surface area (Å²) in [5.74, 6) is 0. The average Bonchev–Trinajstić information content (AvgIpc) is 2.69. The Labute approximate surface area is 132 Å². The summed E-state index contributed by atoms with van der Waals surface area (Å²) in [6, 6.07) is 8.63.